The third-order valence-corrected chi connectivity index (χ3v) is 14.2. The number of nitrogens with one attached hydrogen (secondary N) is 2. The van der Waals surface area contributed by atoms with Crippen LogP contribution < -0.4 is 22.0 Å². The number of aromatic nitrogens is 2. The van der Waals surface area contributed by atoms with Crippen molar-refractivity contribution < 1.29 is 43.3 Å². The monoisotopic (exact) mass is 1020 g/mol. The summed E-state index contributed by atoms with van der Waals surface area (Å²) in [6, 6.07) is 34.2. The second kappa shape index (κ2) is 21.8. The number of hydrogen-bond acceptors (Lipinski definition) is 11. The fourth-order valence-electron chi connectivity index (χ4n) is 10.3. The molecule has 1 amide bonds. The molecule has 0 unspecified atom stereocenters. The van der Waals surface area contributed by atoms with Gasteiger partial charge in [0, 0.05) is 89.2 Å². The molecule has 382 valence electrons. The van der Waals surface area contributed by atoms with E-state index < -0.39 is 35.0 Å². The van der Waals surface area contributed by atoms with E-state index in [1.807, 2.05) is 31.2 Å². The van der Waals surface area contributed by atoms with Gasteiger partial charge in [-0.2, -0.15) is 0 Å². The molecule has 15 nitrogen and oxygen atoms in total. The van der Waals surface area contributed by atoms with Gasteiger partial charge in [-0.1, -0.05) is 91.7 Å². The van der Waals surface area contributed by atoms with Crippen LogP contribution in [0.5, 0.6) is 5.75 Å². The van der Waals surface area contributed by atoms with Crippen LogP contribution in [0.25, 0.3) is 44.5 Å². The van der Waals surface area contributed by atoms with Crippen LogP contribution in [-0.2, 0) is 28.9 Å². The van der Waals surface area contributed by atoms with Gasteiger partial charge in [0.25, 0.3) is 5.56 Å². The van der Waals surface area contributed by atoms with Gasteiger partial charge in [0.2, 0.25) is 0 Å². The van der Waals surface area contributed by atoms with Crippen molar-refractivity contribution in [2.75, 3.05) is 6.61 Å². The fraction of sp³-hybridized carbons (Fsp3) is 0.230. The van der Waals surface area contributed by atoms with Crippen molar-refractivity contribution in [3.05, 3.63) is 203 Å². The Morgan fingerprint density at radius 2 is 1.51 bits per heavy atom. The van der Waals surface area contributed by atoms with Crippen LogP contribution in [0.4, 0.5) is 4.79 Å². The van der Waals surface area contributed by atoms with E-state index in [1.54, 1.807) is 30.3 Å². The number of aromatic hydroxyl groups is 1. The minimum atomic E-state index is -1.28. The van der Waals surface area contributed by atoms with Crippen LogP contribution in [0.2, 0.25) is 0 Å². The summed E-state index contributed by atoms with van der Waals surface area (Å²) in [5.74, 6) is 3.81. The highest BCUT2D eigenvalue weighted by molar-refractivity contribution is 6.10. The molecule has 3 heterocycles. The second-order valence-electron chi connectivity index (χ2n) is 18.9. The lowest BCUT2D eigenvalue weighted by molar-refractivity contribution is -0.00214. The van der Waals surface area contributed by atoms with Gasteiger partial charge in [0.05, 0.1) is 11.7 Å². The molecule has 5 aromatic carbocycles. The first-order valence-electron chi connectivity index (χ1n) is 25.1. The number of aromatic amines is 1. The molecule has 1 saturated heterocycles. The molecule has 1 fully saturated rings. The lowest BCUT2D eigenvalue weighted by Gasteiger charge is -2.19. The number of Topliss-reactive ketones (excluding diaryl/α,β-unsaturated/α-hetero) is 2. The number of benzene rings is 6. The first-order chi connectivity index (χ1) is 36.8. The molecular formula is C61H51N3O12. The van der Waals surface area contributed by atoms with E-state index in [-0.39, 0.29) is 114 Å². The lowest BCUT2D eigenvalue weighted by Crippen LogP contribution is -2.34. The predicted octanol–water partition coefficient (Wildman–Crippen LogP) is 9.97. The molecule has 0 radical (unpaired) electrons. The van der Waals surface area contributed by atoms with Crippen LogP contribution in [0, 0.1) is 11.8 Å². The standard InChI is InChI=1S/C61H51N3O12/c1-2-40-22-29-55(75-40)64-33-38(58(69)63-60(64)72)10-4-3-5-15-51(66)37-20-23-45(59(70)71)49(30-37)56-47-24-21-39(65)31-54(47)76-57-46(53(68)28-26-48(56)57)25-27-52(67)36-18-16-35(17-19-36)32-62-61(73)74-34-50-43-13-8-6-11-41(43)42-12-7-9-14-44(42)50/h6-9,11-14,16-21,23-24,26,28,30-31,33,40,50,55,68H,2,5,10,15,22,25,27,29,32,34H2,1H3,(H,62,73)(H,70,71)(H,63,69,72)/t40-,55-/m1/s1. The average Bonchev–Trinajstić information content (AvgIpc) is 4.09. The number of carbonyl (C=O) groups excluding carboxylic acids is 3. The van der Waals surface area contributed by atoms with Crippen LogP contribution in [0.1, 0.15) is 116 Å². The number of phenolic OH excluding ortho intramolecular Hbond substituents is 1. The summed E-state index contributed by atoms with van der Waals surface area (Å²) < 4.78 is 19.3. The molecule has 0 spiro atoms. The van der Waals surface area contributed by atoms with Gasteiger partial charge in [-0.3, -0.25) is 28.7 Å². The van der Waals surface area contributed by atoms with E-state index in [4.69, 9.17) is 13.9 Å². The number of carbonyl (C=O) groups is 4. The first kappa shape index (κ1) is 50.4. The van der Waals surface area contributed by atoms with Gasteiger partial charge in [-0.15, -0.1) is 5.92 Å². The molecule has 4 aliphatic rings. The van der Waals surface area contributed by atoms with E-state index in [1.165, 1.54) is 53.2 Å². The largest absolute Gasteiger partial charge is 0.508 e. The van der Waals surface area contributed by atoms with Gasteiger partial charge in [-0.05, 0) is 95.5 Å². The maximum Gasteiger partial charge on any atom is 0.407 e. The van der Waals surface area contributed by atoms with E-state index >= 15 is 0 Å². The number of aryl methyl sites for hydroxylation is 1. The number of carboxylic acids is 1. The van der Waals surface area contributed by atoms with Crippen LogP contribution in [0.3, 0.4) is 0 Å². The minimum absolute atomic E-state index is 0.00336. The highest BCUT2D eigenvalue weighted by Crippen LogP contribution is 2.46. The van der Waals surface area contributed by atoms with Crippen molar-refractivity contribution in [3.63, 3.8) is 0 Å². The van der Waals surface area contributed by atoms with Gasteiger partial charge >= 0.3 is 17.8 Å². The number of fused-ring (bicyclic) bond motifs is 5. The summed E-state index contributed by atoms with van der Waals surface area (Å²) in [5.41, 5.74) is 5.65. The van der Waals surface area contributed by atoms with Crippen molar-refractivity contribution >= 4 is 34.6 Å². The summed E-state index contributed by atoms with van der Waals surface area (Å²) in [4.78, 5) is 93.4. The molecule has 6 aromatic rings. The Morgan fingerprint density at radius 1 is 0.789 bits per heavy atom. The number of H-pyrrole nitrogens is 1. The average molecular weight is 1020 g/mol. The van der Waals surface area contributed by atoms with E-state index in [0.717, 1.165) is 40.7 Å². The smallest absolute Gasteiger partial charge is 0.407 e. The number of hydrogen-bond donors (Lipinski definition) is 4. The Kier molecular flexibility index (Phi) is 14.4. The molecule has 0 bridgehead atoms. The Hall–Kier alpha value is -9.13. The zero-order valence-corrected chi connectivity index (χ0v) is 41.4. The summed E-state index contributed by atoms with van der Waals surface area (Å²) >= 11 is 0. The summed E-state index contributed by atoms with van der Waals surface area (Å²) in [7, 11) is 0. The number of aromatic carboxylic acids is 1. The van der Waals surface area contributed by atoms with E-state index in [2.05, 4.69) is 46.4 Å². The quantitative estimate of drug-likeness (QED) is 0.0403. The highest BCUT2D eigenvalue weighted by atomic mass is 16.5. The number of ketones is 2. The molecule has 1 aromatic heterocycles. The number of phenols is 1. The maximum absolute atomic E-state index is 13.8. The Labute approximate surface area is 435 Å². The van der Waals surface area contributed by atoms with Gasteiger partial charge in [0.15, 0.2) is 17.0 Å². The number of nitrogens with zero attached hydrogens (tertiary/aromatic N) is 1. The molecule has 2 atom stereocenters. The molecule has 2 aliphatic carbocycles. The van der Waals surface area contributed by atoms with Crippen LogP contribution >= 0.6 is 0 Å². The Morgan fingerprint density at radius 3 is 2.24 bits per heavy atom. The molecule has 4 N–H and O–H groups in total. The normalized spacial score (nSPS) is 14.7. The molecule has 76 heavy (non-hydrogen) atoms. The molecule has 2 aliphatic heterocycles. The predicted molar refractivity (Wildman–Crippen MR) is 284 cm³/mol. The van der Waals surface area contributed by atoms with Gasteiger partial charge in [-0.25, -0.2) is 14.4 Å². The third kappa shape index (κ3) is 10.4. The fourth-order valence-corrected chi connectivity index (χ4v) is 10.3. The Balaban J connectivity index is 0.828. The maximum atomic E-state index is 13.8. The number of amides is 1. The number of ether oxygens (including phenoxy) is 2. The second-order valence-corrected chi connectivity index (χ2v) is 18.9. The minimum Gasteiger partial charge on any atom is -0.508 e. The van der Waals surface area contributed by atoms with Crippen molar-refractivity contribution in [3.8, 4) is 51.2 Å². The highest BCUT2D eigenvalue weighted by Gasteiger charge is 2.30. The van der Waals surface area contributed by atoms with Crippen molar-refractivity contribution in [1.29, 1.82) is 0 Å². The van der Waals surface area contributed by atoms with E-state index in [9.17, 15) is 43.8 Å². The summed E-state index contributed by atoms with van der Waals surface area (Å²) in [5, 5.41) is 24.9. The summed E-state index contributed by atoms with van der Waals surface area (Å²) in [6.45, 7) is 2.34. The zero-order valence-electron chi connectivity index (χ0n) is 41.4. The SMILES string of the molecule is CC[C@@H]1CC[C@H](n2cc(CC#CCCC(=O)c3ccc(C(=O)O)c(-c4c5ccc(=O)cc-5oc5c(CCC(=O)c6ccc(CNC(=O)OCC7c8ccccc8-c8ccccc87)cc6)c(O)ccc45)c3)c(=O)[nH]c2=O)O1. The molecule has 0 saturated carbocycles. The van der Waals surface area contributed by atoms with Crippen molar-refractivity contribution in [2.45, 2.75) is 83.1 Å². The van der Waals surface area contributed by atoms with Crippen LogP contribution in [0.15, 0.2) is 146 Å². The molecule has 10 rings (SSSR count). The number of rotatable bonds is 16. The molecular weight excluding hydrogens is 967 g/mol. The van der Waals surface area contributed by atoms with Crippen LogP contribution in [-0.4, -0.2) is 56.1 Å². The van der Waals surface area contributed by atoms with Crippen molar-refractivity contribution in [2.24, 2.45) is 0 Å². The van der Waals surface area contributed by atoms with Gasteiger partial charge < -0.3 is 29.4 Å². The lowest BCUT2D eigenvalue weighted by atomic mass is 9.87. The van der Waals surface area contributed by atoms with Crippen molar-refractivity contribution in [1.82, 2.24) is 14.9 Å². The van der Waals surface area contributed by atoms with E-state index in [0.29, 0.717) is 28.5 Å². The topological polar surface area (TPSA) is 224 Å². The van der Waals surface area contributed by atoms with Gasteiger partial charge in [0.1, 0.15) is 29.9 Å². The Bertz CT molecular complexity index is 3770. The zero-order chi connectivity index (χ0) is 53.0. The summed E-state index contributed by atoms with van der Waals surface area (Å²) in [6.07, 6.45) is 2.74. The number of alkyl carbamates (subject to hydrolysis) is 1. The first-order valence-corrected chi connectivity index (χ1v) is 25.1. The third-order valence-electron chi connectivity index (χ3n) is 14.2. The number of carboxylic acid groups (broad SMARTS) is 1. The molecule has 15 heteroatoms.